The van der Waals surface area contributed by atoms with E-state index < -0.39 is 63.3 Å². The topological polar surface area (TPSA) is 156 Å². The molecule has 384 valence electrons. The summed E-state index contributed by atoms with van der Waals surface area (Å²) in [6.07, 6.45) is 8.57. The number of fused-ring (bicyclic) bond motifs is 4. The highest BCUT2D eigenvalue weighted by atomic mass is 32.2. The van der Waals surface area contributed by atoms with Crippen molar-refractivity contribution >= 4 is 137 Å². The third-order valence-corrected chi connectivity index (χ3v) is 18.0. The molecule has 5 atom stereocenters. The third-order valence-electron chi connectivity index (χ3n) is 12.4. The molecule has 4 aromatic rings. The van der Waals surface area contributed by atoms with E-state index >= 15 is 0 Å². The van der Waals surface area contributed by atoms with Gasteiger partial charge in [-0.1, -0.05) is 119 Å². The molecule has 4 aromatic carbocycles. The number of carbonyl (C=O) groups is 5. The summed E-state index contributed by atoms with van der Waals surface area (Å²) in [5, 5.41) is -0.0556. The van der Waals surface area contributed by atoms with Crippen LogP contribution in [-0.4, -0.2) is 92.1 Å². The Balaban J connectivity index is 1.27. The SMILES string of the molecule is CCCCOC(=O)C(CC(C)C(=O)Oc1cc(OC(=O)C(C)CC(SC(=S)SC)C(=O)OCCCC)cc(C(=O)Oc2ccc3ccc4c(c3c2)N=CC2(O4)N(C)c3ccccc3C2(C)C)c1)SC(=S)SC. The molecule has 0 aliphatic carbocycles. The van der Waals surface area contributed by atoms with E-state index in [1.54, 1.807) is 38.5 Å². The van der Waals surface area contributed by atoms with Crippen LogP contribution in [0.2, 0.25) is 0 Å². The van der Waals surface area contributed by atoms with E-state index in [4.69, 9.17) is 57.8 Å². The van der Waals surface area contributed by atoms with Gasteiger partial charge < -0.3 is 33.3 Å². The van der Waals surface area contributed by atoms with Crippen molar-refractivity contribution in [2.45, 2.75) is 102 Å². The fourth-order valence-corrected chi connectivity index (χ4v) is 11.9. The number of esters is 5. The molecule has 13 nitrogen and oxygen atoms in total. The quantitative estimate of drug-likeness (QED) is 0.0356. The number of ether oxygens (including phenoxy) is 6. The Morgan fingerprint density at radius 2 is 1.25 bits per heavy atom. The number of rotatable bonds is 20. The summed E-state index contributed by atoms with van der Waals surface area (Å²) >= 11 is 15.7. The maximum absolute atomic E-state index is 14.2. The van der Waals surface area contributed by atoms with Gasteiger partial charge >= 0.3 is 29.8 Å². The fraction of sp³-hybridized carbons (Fsp3) is 0.434. The first-order valence-corrected chi connectivity index (χ1v) is 28.7. The fourth-order valence-electron chi connectivity index (χ4n) is 8.19. The van der Waals surface area contributed by atoms with Crippen LogP contribution in [-0.2, 0) is 34.1 Å². The Morgan fingerprint density at radius 1 is 0.708 bits per heavy atom. The van der Waals surface area contributed by atoms with E-state index in [1.807, 2.05) is 57.4 Å². The Bertz CT molecular complexity index is 2650. The monoisotopic (exact) mass is 1090 g/mol. The van der Waals surface area contributed by atoms with E-state index in [1.165, 1.54) is 41.7 Å². The average molecular weight is 1090 g/mol. The van der Waals surface area contributed by atoms with Crippen molar-refractivity contribution in [3.05, 3.63) is 83.9 Å². The summed E-state index contributed by atoms with van der Waals surface area (Å²) in [7, 11) is 1.99. The van der Waals surface area contributed by atoms with Crippen molar-refractivity contribution in [3.63, 3.8) is 0 Å². The lowest BCUT2D eigenvalue weighted by Crippen LogP contribution is -2.61. The van der Waals surface area contributed by atoms with Crippen LogP contribution >= 0.6 is 71.5 Å². The predicted octanol–water partition coefficient (Wildman–Crippen LogP) is 12.3. The van der Waals surface area contributed by atoms with Crippen molar-refractivity contribution in [1.82, 2.24) is 0 Å². The number of anilines is 1. The van der Waals surface area contributed by atoms with Gasteiger partial charge in [0.25, 0.3) is 0 Å². The number of para-hydroxylation sites is 1. The zero-order chi connectivity index (χ0) is 52.3. The molecule has 0 fully saturated rings. The van der Waals surface area contributed by atoms with E-state index in [9.17, 15) is 24.0 Å². The number of aliphatic imine (C=N–C) groups is 1. The minimum absolute atomic E-state index is 0.0418. The Kier molecular flexibility index (Phi) is 20.1. The molecule has 2 aliphatic rings. The molecular weight excluding hydrogens is 1030 g/mol. The van der Waals surface area contributed by atoms with Gasteiger partial charge in [0, 0.05) is 24.2 Å². The predicted molar refractivity (Wildman–Crippen MR) is 300 cm³/mol. The number of hydrogen-bond donors (Lipinski definition) is 0. The number of thioether (sulfide) groups is 4. The molecule has 2 heterocycles. The molecule has 0 amide bonds. The molecule has 19 heteroatoms. The molecule has 2 aliphatic heterocycles. The zero-order valence-corrected chi connectivity index (χ0v) is 46.7. The molecule has 0 saturated carbocycles. The number of likely N-dealkylation sites (N-methyl/N-ethyl adjacent to an activating group) is 1. The number of hydrogen-bond acceptors (Lipinski definition) is 19. The van der Waals surface area contributed by atoms with Crippen molar-refractivity contribution in [1.29, 1.82) is 0 Å². The summed E-state index contributed by atoms with van der Waals surface area (Å²) in [6.45, 7) is 11.9. The lowest BCUT2D eigenvalue weighted by atomic mass is 9.77. The number of benzene rings is 4. The van der Waals surface area contributed by atoms with Crippen LogP contribution in [0.1, 0.15) is 96.0 Å². The van der Waals surface area contributed by atoms with Gasteiger partial charge in [0.15, 0.2) is 0 Å². The molecule has 5 unspecified atom stereocenters. The van der Waals surface area contributed by atoms with E-state index in [-0.39, 0.29) is 48.9 Å². The van der Waals surface area contributed by atoms with Crippen LogP contribution < -0.4 is 23.8 Å². The largest absolute Gasteiger partial charge is 0.465 e. The smallest absolute Gasteiger partial charge is 0.343 e. The van der Waals surface area contributed by atoms with E-state index in [0.29, 0.717) is 36.7 Å². The van der Waals surface area contributed by atoms with Gasteiger partial charge in [-0.15, -0.1) is 23.5 Å². The first-order chi connectivity index (χ1) is 34.4. The lowest BCUT2D eigenvalue weighted by Gasteiger charge is -2.45. The minimum Gasteiger partial charge on any atom is -0.465 e. The molecule has 0 saturated heterocycles. The van der Waals surface area contributed by atoms with Crippen molar-refractivity contribution in [2.24, 2.45) is 16.8 Å². The van der Waals surface area contributed by atoms with E-state index in [2.05, 4.69) is 30.9 Å². The van der Waals surface area contributed by atoms with E-state index in [0.717, 1.165) is 53.0 Å². The van der Waals surface area contributed by atoms with Crippen LogP contribution in [0.4, 0.5) is 11.4 Å². The number of unbranched alkanes of at least 4 members (excludes halogenated alkanes) is 2. The highest BCUT2D eigenvalue weighted by Gasteiger charge is 2.58. The summed E-state index contributed by atoms with van der Waals surface area (Å²) in [5.41, 5.74) is 1.28. The average Bonchev–Trinajstić information content (AvgIpc) is 3.52. The maximum Gasteiger partial charge on any atom is 0.343 e. The summed E-state index contributed by atoms with van der Waals surface area (Å²) in [5.74, 6) is -4.47. The molecule has 1 spiro atoms. The van der Waals surface area contributed by atoms with Crippen LogP contribution in [0.5, 0.6) is 23.0 Å². The van der Waals surface area contributed by atoms with Gasteiger partial charge in [-0.25, -0.2) is 4.79 Å². The summed E-state index contributed by atoms with van der Waals surface area (Å²) < 4.78 is 36.6. The molecule has 0 bridgehead atoms. The van der Waals surface area contributed by atoms with Gasteiger partial charge in [-0.05, 0) is 99.4 Å². The number of carbonyl (C=O) groups excluding carboxylic acids is 5. The van der Waals surface area contributed by atoms with Crippen molar-refractivity contribution in [2.75, 3.05) is 37.7 Å². The maximum atomic E-state index is 14.2. The van der Waals surface area contributed by atoms with Crippen LogP contribution in [0.15, 0.2) is 77.8 Å². The number of thiocarbonyl (C=S) groups is 2. The van der Waals surface area contributed by atoms with Crippen LogP contribution in [0, 0.1) is 11.8 Å². The van der Waals surface area contributed by atoms with Crippen molar-refractivity contribution < 1.29 is 52.4 Å². The van der Waals surface area contributed by atoms with Crippen LogP contribution in [0.25, 0.3) is 10.8 Å². The molecule has 72 heavy (non-hydrogen) atoms. The first kappa shape index (κ1) is 56.6. The second-order valence-corrected chi connectivity index (χ2v) is 24.3. The van der Waals surface area contributed by atoms with Gasteiger partial charge in [0.2, 0.25) is 5.72 Å². The molecule has 0 aromatic heterocycles. The van der Waals surface area contributed by atoms with Gasteiger partial charge in [-0.3, -0.25) is 24.2 Å². The second-order valence-electron chi connectivity index (χ2n) is 17.9. The highest BCUT2D eigenvalue weighted by molar-refractivity contribution is 8.47. The summed E-state index contributed by atoms with van der Waals surface area (Å²) in [4.78, 5) is 75.2. The Hall–Kier alpha value is -4.66. The Labute approximate surface area is 449 Å². The van der Waals surface area contributed by atoms with Gasteiger partial charge in [0.05, 0.1) is 42.2 Å². The van der Waals surface area contributed by atoms with Gasteiger partial charge in [0.1, 0.15) is 46.2 Å². The minimum atomic E-state index is -0.905. The van der Waals surface area contributed by atoms with Crippen molar-refractivity contribution in [3.8, 4) is 23.0 Å². The standard InChI is InChI=1S/C53H60N2O11S6/c1-10-12-22-61-48(59)42(71-50(67)69-8)24-31(3)45(56)64-36-26-34(27-37(28-36)65-46(57)32(4)25-43(72-51(68)70-9)49(60)62-23-13-11-2)47(58)63-35-20-18-33-19-21-41-44(38(33)29-35)54-30-53(66-41)52(5,6)39-16-14-15-17-40(39)55(53)7/h14-21,26-32,42-43H,10-13,22-25H2,1-9H3. The molecule has 6 rings (SSSR count). The van der Waals surface area contributed by atoms with Gasteiger partial charge in [-0.2, -0.15) is 0 Å². The summed E-state index contributed by atoms with van der Waals surface area (Å²) in [6, 6.07) is 21.1. The van der Waals surface area contributed by atoms with Crippen LogP contribution in [0.3, 0.4) is 0 Å². The third kappa shape index (κ3) is 13.4. The lowest BCUT2D eigenvalue weighted by molar-refractivity contribution is -0.145. The molecular formula is C53H60N2O11S6. The Morgan fingerprint density at radius 3 is 1.78 bits per heavy atom. The molecule has 0 N–H and O–H groups in total. The number of nitrogens with zero attached hydrogens (tertiary/aromatic N) is 2. The first-order valence-electron chi connectivity index (χ1n) is 23.6. The zero-order valence-electron chi connectivity index (χ0n) is 41.8. The highest BCUT2D eigenvalue weighted by Crippen LogP contribution is 2.54. The molecule has 0 radical (unpaired) electrons. The second kappa shape index (κ2) is 25.5. The normalized spacial score (nSPS) is 16.9.